The van der Waals surface area contributed by atoms with E-state index in [0.717, 1.165) is 12.0 Å². The average molecular weight is 513 g/mol. The Balaban J connectivity index is 1.53. The van der Waals surface area contributed by atoms with Crippen LogP contribution >= 0.6 is 11.3 Å². The molecule has 1 unspecified atom stereocenters. The van der Waals surface area contributed by atoms with Gasteiger partial charge in [0, 0.05) is 36.7 Å². The van der Waals surface area contributed by atoms with Crippen LogP contribution in [0.1, 0.15) is 26.8 Å². The highest BCUT2D eigenvalue weighted by Gasteiger charge is 2.33. The van der Waals surface area contributed by atoms with Crippen LogP contribution in [0.2, 0.25) is 0 Å². The number of hydrogen-bond acceptors (Lipinski definition) is 6. The molecule has 0 radical (unpaired) electrons. The Morgan fingerprint density at radius 1 is 1.11 bits per heavy atom. The fourth-order valence-electron chi connectivity index (χ4n) is 4.25. The number of hydrogen-bond donors (Lipinski definition) is 0. The van der Waals surface area contributed by atoms with Gasteiger partial charge in [-0.25, -0.2) is 4.39 Å². The van der Waals surface area contributed by atoms with Crippen LogP contribution in [0.4, 0.5) is 4.39 Å². The van der Waals surface area contributed by atoms with Gasteiger partial charge in [0.05, 0.1) is 19.8 Å². The van der Waals surface area contributed by atoms with Gasteiger partial charge in [-0.05, 0) is 53.8 Å². The first-order valence-electron chi connectivity index (χ1n) is 11.7. The monoisotopic (exact) mass is 512 g/mol. The van der Waals surface area contributed by atoms with Crippen LogP contribution in [-0.4, -0.2) is 68.7 Å². The molecular weight excluding hydrogens is 483 g/mol. The van der Waals surface area contributed by atoms with Crippen molar-refractivity contribution in [1.82, 2.24) is 9.80 Å². The minimum Gasteiger partial charge on any atom is -0.497 e. The molecule has 190 valence electrons. The van der Waals surface area contributed by atoms with E-state index in [2.05, 4.69) is 0 Å². The number of methoxy groups -OCH3 is 2. The molecule has 0 N–H and O–H groups in total. The fourth-order valence-corrected chi connectivity index (χ4v) is 5.18. The van der Waals surface area contributed by atoms with Crippen molar-refractivity contribution in [2.45, 2.75) is 12.5 Å². The summed E-state index contributed by atoms with van der Waals surface area (Å²) in [5.74, 6) is 0.117. The molecule has 0 bridgehead atoms. The lowest BCUT2D eigenvalue weighted by molar-refractivity contribution is -0.135. The van der Waals surface area contributed by atoms with Gasteiger partial charge in [-0.3, -0.25) is 9.59 Å². The summed E-state index contributed by atoms with van der Waals surface area (Å²) in [6.07, 6.45) is 0.733. The van der Waals surface area contributed by atoms with E-state index in [0.29, 0.717) is 30.2 Å². The minimum absolute atomic E-state index is 0.102. The summed E-state index contributed by atoms with van der Waals surface area (Å²) in [7, 11) is 3.09. The third-order valence-electron chi connectivity index (χ3n) is 6.11. The summed E-state index contributed by atoms with van der Waals surface area (Å²) in [4.78, 5) is 31.4. The van der Waals surface area contributed by atoms with Gasteiger partial charge in [-0.2, -0.15) is 0 Å². The molecule has 9 heteroatoms. The van der Waals surface area contributed by atoms with Crippen molar-refractivity contribution in [3.8, 4) is 11.5 Å². The highest BCUT2D eigenvalue weighted by atomic mass is 32.1. The Bertz CT molecular complexity index is 1200. The molecule has 1 aliphatic rings. The van der Waals surface area contributed by atoms with Gasteiger partial charge in [-0.15, -0.1) is 11.3 Å². The molecule has 1 atom stereocenters. The number of ether oxygens (including phenoxy) is 3. The lowest BCUT2D eigenvalue weighted by Crippen LogP contribution is -2.48. The van der Waals surface area contributed by atoms with Gasteiger partial charge >= 0.3 is 0 Å². The number of benzene rings is 2. The number of rotatable bonds is 10. The lowest BCUT2D eigenvalue weighted by Gasteiger charge is -2.37. The van der Waals surface area contributed by atoms with Crippen molar-refractivity contribution in [3.63, 3.8) is 0 Å². The van der Waals surface area contributed by atoms with Crippen molar-refractivity contribution in [3.05, 3.63) is 81.8 Å². The smallest absolute Gasteiger partial charge is 0.254 e. The van der Waals surface area contributed by atoms with E-state index in [1.165, 1.54) is 29.0 Å². The van der Waals surface area contributed by atoms with Gasteiger partial charge < -0.3 is 24.0 Å². The average Bonchev–Trinajstić information content (AvgIpc) is 3.38. The van der Waals surface area contributed by atoms with E-state index in [9.17, 15) is 14.0 Å². The second-order valence-corrected chi connectivity index (χ2v) is 9.37. The zero-order valence-electron chi connectivity index (χ0n) is 20.3. The van der Waals surface area contributed by atoms with E-state index in [1.54, 1.807) is 59.7 Å². The lowest BCUT2D eigenvalue weighted by atomic mass is 10.0. The van der Waals surface area contributed by atoms with Gasteiger partial charge in [0.2, 0.25) is 5.91 Å². The molecule has 2 aromatic carbocycles. The second kappa shape index (κ2) is 12.0. The largest absolute Gasteiger partial charge is 0.497 e. The number of nitrogens with zero attached hydrogens (tertiary/aromatic N) is 2. The van der Waals surface area contributed by atoms with Crippen LogP contribution in [0.15, 0.2) is 60.0 Å². The van der Waals surface area contributed by atoms with Crippen molar-refractivity contribution >= 4 is 23.2 Å². The van der Waals surface area contributed by atoms with Gasteiger partial charge in [0.1, 0.15) is 30.5 Å². The fraction of sp³-hybridized carbons (Fsp3) is 0.333. The molecule has 3 aromatic rings. The summed E-state index contributed by atoms with van der Waals surface area (Å²) < 4.78 is 30.0. The van der Waals surface area contributed by atoms with E-state index in [1.807, 2.05) is 11.4 Å². The van der Waals surface area contributed by atoms with Gasteiger partial charge in [0.15, 0.2) is 0 Å². The summed E-state index contributed by atoms with van der Waals surface area (Å²) in [5, 5.41) is 2.00. The topological polar surface area (TPSA) is 68.3 Å². The van der Waals surface area contributed by atoms with E-state index in [4.69, 9.17) is 14.2 Å². The maximum Gasteiger partial charge on any atom is 0.254 e. The summed E-state index contributed by atoms with van der Waals surface area (Å²) in [5.41, 5.74) is 1.46. The predicted octanol–water partition coefficient (Wildman–Crippen LogP) is 4.19. The Morgan fingerprint density at radius 3 is 2.69 bits per heavy atom. The molecule has 0 saturated carbocycles. The summed E-state index contributed by atoms with van der Waals surface area (Å²) in [6, 6.07) is 14.5. The Labute approximate surface area is 214 Å². The molecule has 36 heavy (non-hydrogen) atoms. The summed E-state index contributed by atoms with van der Waals surface area (Å²) in [6.45, 7) is 1.15. The molecule has 1 aromatic heterocycles. The molecule has 0 aliphatic carbocycles. The number of amides is 2. The third-order valence-corrected chi connectivity index (χ3v) is 7.11. The minimum atomic E-state index is -0.384. The van der Waals surface area contributed by atoms with Crippen molar-refractivity contribution in [2.75, 3.05) is 47.1 Å². The van der Waals surface area contributed by atoms with Crippen LogP contribution in [0.5, 0.6) is 11.5 Å². The molecule has 0 fully saturated rings. The molecule has 0 spiro atoms. The number of fused-ring (bicyclic) bond motifs is 1. The second-order valence-electron chi connectivity index (χ2n) is 8.37. The maximum atomic E-state index is 13.6. The van der Waals surface area contributed by atoms with Crippen LogP contribution in [0.25, 0.3) is 0 Å². The number of halogens is 1. The SMILES string of the molecule is COCCN(CC(=O)N1CCc2sccc2C1COc1cccc(F)c1)C(=O)c1cccc(OC)c1. The Hall–Kier alpha value is -3.43. The molecule has 4 rings (SSSR count). The number of carbonyl (C=O) groups is 2. The number of carbonyl (C=O) groups excluding carboxylic acids is 2. The molecule has 7 nitrogen and oxygen atoms in total. The Morgan fingerprint density at radius 2 is 1.92 bits per heavy atom. The first-order valence-corrected chi connectivity index (χ1v) is 12.5. The molecule has 2 heterocycles. The number of thiophene rings is 1. The highest BCUT2D eigenvalue weighted by Crippen LogP contribution is 2.34. The maximum absolute atomic E-state index is 13.6. The summed E-state index contributed by atoms with van der Waals surface area (Å²) >= 11 is 1.65. The van der Waals surface area contributed by atoms with E-state index < -0.39 is 0 Å². The van der Waals surface area contributed by atoms with Crippen molar-refractivity contribution in [1.29, 1.82) is 0 Å². The van der Waals surface area contributed by atoms with Gasteiger partial charge in [0.25, 0.3) is 5.91 Å². The van der Waals surface area contributed by atoms with Gasteiger partial charge in [-0.1, -0.05) is 12.1 Å². The first kappa shape index (κ1) is 25.7. The van der Waals surface area contributed by atoms with Crippen LogP contribution in [-0.2, 0) is 16.0 Å². The standard InChI is InChI=1S/C27H29FN2O5S/c1-33-13-12-29(27(32)19-5-3-7-21(15-19)34-2)17-26(31)30-11-9-25-23(10-14-36-25)24(30)18-35-22-8-4-6-20(28)16-22/h3-8,10,14-16,24H,9,11-13,17-18H2,1-2H3. The van der Waals surface area contributed by atoms with Crippen molar-refractivity contribution in [2.24, 2.45) is 0 Å². The van der Waals surface area contributed by atoms with Crippen LogP contribution in [0.3, 0.4) is 0 Å². The molecule has 1 aliphatic heterocycles. The van der Waals surface area contributed by atoms with Crippen LogP contribution < -0.4 is 9.47 Å². The van der Waals surface area contributed by atoms with E-state index in [-0.39, 0.29) is 43.4 Å². The highest BCUT2D eigenvalue weighted by molar-refractivity contribution is 7.10. The zero-order chi connectivity index (χ0) is 25.5. The van der Waals surface area contributed by atoms with Crippen molar-refractivity contribution < 1.29 is 28.2 Å². The molecule has 0 saturated heterocycles. The van der Waals surface area contributed by atoms with Crippen LogP contribution in [0, 0.1) is 5.82 Å². The Kier molecular flexibility index (Phi) is 8.56. The quantitative estimate of drug-likeness (QED) is 0.408. The van der Waals surface area contributed by atoms with E-state index >= 15 is 0 Å². The normalized spacial score (nSPS) is 14.8. The predicted molar refractivity (Wildman–Crippen MR) is 135 cm³/mol. The zero-order valence-corrected chi connectivity index (χ0v) is 21.1. The third kappa shape index (κ3) is 6.03. The first-order chi connectivity index (χ1) is 17.5. The molecular formula is C27H29FN2O5S. The molecule has 2 amide bonds.